The van der Waals surface area contributed by atoms with E-state index in [0.29, 0.717) is 36.1 Å². The number of fused-ring (bicyclic) bond motifs is 1. The maximum absolute atomic E-state index is 14.4. The fourth-order valence-electron chi connectivity index (χ4n) is 11.0. The number of carbonyl (C=O) groups is 9. The van der Waals surface area contributed by atoms with Crippen molar-refractivity contribution in [1.82, 2.24) is 40.9 Å². The number of hydrogen-bond donors (Lipinski definition) is 12. The molecule has 1 aromatic heterocycles. The zero-order valence-corrected chi connectivity index (χ0v) is 45.6. The van der Waals surface area contributed by atoms with Gasteiger partial charge >= 0.3 is 5.97 Å². The number of carboxylic acids is 1. The van der Waals surface area contributed by atoms with E-state index in [1.807, 2.05) is 0 Å². The topological polar surface area (TPSA) is 430 Å². The maximum atomic E-state index is 14.4. The van der Waals surface area contributed by atoms with Gasteiger partial charge in [-0.25, -0.2) is 4.79 Å². The second-order valence-corrected chi connectivity index (χ2v) is 21.7. The number of nitrogens with zero attached hydrogens (tertiary/aromatic N) is 6. The third-order valence-corrected chi connectivity index (χ3v) is 15.8. The number of guanidine groups is 2. The predicted molar refractivity (Wildman–Crippen MR) is 293 cm³/mol. The number of likely N-dealkylation sites (tertiary alicyclic amines) is 3. The molecule has 4 heterocycles. The molecule has 10 atom stereocenters. The molecule has 1 saturated carbocycles. The predicted octanol–water partition coefficient (Wildman–Crippen LogP) is -3.49. The Hall–Kier alpha value is -7.43. The fraction of sp³-hybridized carbons (Fsp3) is 0.596. The monoisotopic (exact) mass is 1140 g/mol. The van der Waals surface area contributed by atoms with E-state index in [1.54, 1.807) is 47.8 Å². The number of hydrogen-bond acceptors (Lipinski definition) is 15. The van der Waals surface area contributed by atoms with Crippen LogP contribution in [0.15, 0.2) is 57.8 Å². The van der Waals surface area contributed by atoms with Gasteiger partial charge < -0.3 is 84.9 Å². The highest BCUT2D eigenvalue weighted by molar-refractivity contribution is 7.09. The van der Waals surface area contributed by atoms with Crippen molar-refractivity contribution in [2.75, 3.05) is 45.9 Å². The van der Waals surface area contributed by atoms with Crippen LogP contribution in [0.3, 0.4) is 0 Å². The SMILES string of the molecule is NC(N)=NCCC[C@@H](N)C(=O)N[C@@H](CCCN=C(N)N)C(=O)N1CCC[C@H]1C(=O)N1C[C@H](O)C[C@H]1C(=O)NCC(=O)N[C@@H](Cc1cccs1)C(=O)N[C@@H](CO)C(=O)N(CC(=O)N1C2CCCCC2C[C@H]1C(=O)O)Cc1ccccc1. The van der Waals surface area contributed by atoms with Crippen molar-refractivity contribution in [3.63, 3.8) is 0 Å². The van der Waals surface area contributed by atoms with Gasteiger partial charge in [-0.2, -0.15) is 0 Å². The summed E-state index contributed by atoms with van der Waals surface area (Å²) in [6, 6.07) is 3.32. The fourth-order valence-corrected chi connectivity index (χ4v) is 11.8. The minimum atomic E-state index is -1.61. The molecule has 8 amide bonds. The van der Waals surface area contributed by atoms with E-state index in [0.717, 1.165) is 24.2 Å². The smallest absolute Gasteiger partial charge is 0.326 e. The summed E-state index contributed by atoms with van der Waals surface area (Å²) >= 11 is 1.28. The van der Waals surface area contributed by atoms with Crippen molar-refractivity contribution < 1.29 is 58.5 Å². The highest BCUT2D eigenvalue weighted by Gasteiger charge is 2.49. The van der Waals surface area contributed by atoms with E-state index >= 15 is 0 Å². The third-order valence-electron chi connectivity index (χ3n) is 14.9. The molecule has 1 aliphatic carbocycles. The summed E-state index contributed by atoms with van der Waals surface area (Å²) in [5.41, 5.74) is 28.5. The van der Waals surface area contributed by atoms with Crippen molar-refractivity contribution in [1.29, 1.82) is 0 Å². The number of thiophene rings is 1. The molecule has 3 aliphatic heterocycles. The van der Waals surface area contributed by atoms with Gasteiger partial charge in [0.25, 0.3) is 0 Å². The molecule has 80 heavy (non-hydrogen) atoms. The van der Waals surface area contributed by atoms with Gasteiger partial charge in [0.1, 0.15) is 42.8 Å². The number of aliphatic carboxylic acids is 1. The van der Waals surface area contributed by atoms with E-state index in [4.69, 9.17) is 28.7 Å². The quantitative estimate of drug-likeness (QED) is 0.0235. The number of nitrogens with two attached hydrogens (primary N) is 5. The van der Waals surface area contributed by atoms with Gasteiger partial charge in [0.2, 0.25) is 47.3 Å². The Morgan fingerprint density at radius 1 is 0.762 bits per heavy atom. The van der Waals surface area contributed by atoms with Crippen molar-refractivity contribution in [3.05, 3.63) is 58.3 Å². The summed E-state index contributed by atoms with van der Waals surface area (Å²) in [6.45, 7) is -2.01. The summed E-state index contributed by atoms with van der Waals surface area (Å²) < 4.78 is 0. The molecule has 1 aromatic carbocycles. The first-order chi connectivity index (χ1) is 38.3. The first kappa shape index (κ1) is 61.8. The molecule has 438 valence electrons. The van der Waals surface area contributed by atoms with Gasteiger partial charge in [-0.1, -0.05) is 49.2 Å². The van der Waals surface area contributed by atoms with Crippen LogP contribution < -0.4 is 49.9 Å². The number of β-amino-alcohol motifs (C(OH)–C–C–N with tert-alkyl or cyclic N) is 1. The van der Waals surface area contributed by atoms with Gasteiger partial charge in [-0.05, 0) is 80.7 Å². The molecule has 0 bridgehead atoms. The van der Waals surface area contributed by atoms with Crippen LogP contribution in [0, 0.1) is 5.92 Å². The molecular formula is C52H77N15O12S. The Kier molecular flexibility index (Phi) is 22.9. The molecule has 3 saturated heterocycles. The number of amides is 8. The van der Waals surface area contributed by atoms with Crippen LogP contribution in [0.2, 0.25) is 0 Å². The molecule has 2 aromatic rings. The molecule has 4 aliphatic rings. The Morgan fingerprint density at radius 2 is 1.45 bits per heavy atom. The van der Waals surface area contributed by atoms with Gasteiger partial charge in [-0.15, -0.1) is 11.3 Å². The molecule has 17 N–H and O–H groups in total. The van der Waals surface area contributed by atoms with Crippen molar-refractivity contribution in [2.45, 2.75) is 144 Å². The number of carboxylic acid groups (broad SMARTS) is 1. The molecule has 27 nitrogen and oxygen atoms in total. The summed E-state index contributed by atoms with van der Waals surface area (Å²) in [5, 5.41) is 43.7. The highest BCUT2D eigenvalue weighted by Crippen LogP contribution is 2.40. The van der Waals surface area contributed by atoms with Crippen LogP contribution in [0.25, 0.3) is 0 Å². The number of aliphatic hydroxyl groups is 2. The number of rotatable bonds is 27. The lowest BCUT2D eigenvalue weighted by molar-refractivity contribution is -0.152. The average molecular weight is 1140 g/mol. The lowest BCUT2D eigenvalue weighted by Gasteiger charge is -2.35. The number of benzene rings is 1. The van der Waals surface area contributed by atoms with E-state index < -0.39 is 121 Å². The van der Waals surface area contributed by atoms with Gasteiger partial charge in [0.05, 0.1) is 25.3 Å². The van der Waals surface area contributed by atoms with Gasteiger partial charge in [0.15, 0.2) is 11.9 Å². The zero-order valence-electron chi connectivity index (χ0n) is 44.7. The van der Waals surface area contributed by atoms with E-state index in [1.165, 1.54) is 26.0 Å². The normalized spacial score (nSPS) is 21.9. The minimum absolute atomic E-state index is 0.0119. The summed E-state index contributed by atoms with van der Waals surface area (Å²) in [7, 11) is 0. The minimum Gasteiger partial charge on any atom is -0.480 e. The highest BCUT2D eigenvalue weighted by atomic mass is 32.1. The van der Waals surface area contributed by atoms with Crippen LogP contribution in [0.5, 0.6) is 0 Å². The van der Waals surface area contributed by atoms with Crippen LogP contribution in [-0.4, -0.2) is 200 Å². The van der Waals surface area contributed by atoms with Gasteiger partial charge in [-0.3, -0.25) is 48.3 Å². The Bertz CT molecular complexity index is 2550. The maximum Gasteiger partial charge on any atom is 0.326 e. The Morgan fingerprint density at radius 3 is 2.11 bits per heavy atom. The van der Waals surface area contributed by atoms with E-state index in [-0.39, 0.29) is 95.1 Å². The number of carbonyl (C=O) groups excluding carboxylic acids is 8. The number of aliphatic imine (C=N–C) groups is 2. The van der Waals surface area contributed by atoms with Crippen molar-refractivity contribution >= 4 is 76.5 Å². The zero-order chi connectivity index (χ0) is 58.0. The Labute approximate surface area is 467 Å². The molecule has 0 spiro atoms. The lowest BCUT2D eigenvalue weighted by Crippen LogP contribution is -2.58. The largest absolute Gasteiger partial charge is 0.480 e. The molecule has 4 fully saturated rings. The average Bonchev–Trinajstić information content (AvgIpc) is 4.32. The Balaban J connectivity index is 1.10. The summed E-state index contributed by atoms with van der Waals surface area (Å²) in [6.07, 6.45) is 3.61. The standard InChI is InChI=1S/C52H77N15O12S/c53-34(14-6-18-58-51(54)55)44(72)62-35(15-7-19-59-52(56)57)48(76)65-20-8-17-39(65)49(77)66-27-32(69)23-40(66)46(74)60-25-42(70)61-36(24-33-13-9-21-80-33)45(73)63-37(29-68)47(75)64(26-30-10-2-1-3-11-30)28-43(71)67-38-16-5-4-12-31(38)22-41(67)50(78)79/h1-3,9-11,13,21,31-32,34-41,68-69H,4-8,12,14-20,22-29,53H2,(H,60,74)(H,61,70)(H,62,72)(H,63,73)(H,78,79)(H4,54,55,58)(H4,56,57,59)/t31?,32-,34-,35+,36+,37+,38?,39+,40+,41+/m1/s1. The second kappa shape index (κ2) is 29.7. The first-order valence-corrected chi connectivity index (χ1v) is 28.0. The third kappa shape index (κ3) is 17.0. The van der Waals surface area contributed by atoms with Crippen molar-refractivity contribution in [2.24, 2.45) is 44.6 Å². The molecule has 28 heteroatoms. The first-order valence-electron chi connectivity index (χ1n) is 27.1. The lowest BCUT2D eigenvalue weighted by atomic mass is 9.85. The van der Waals surface area contributed by atoms with Gasteiger partial charge in [0, 0.05) is 56.5 Å². The summed E-state index contributed by atoms with van der Waals surface area (Å²) in [4.78, 5) is 138. The van der Waals surface area contributed by atoms with Crippen LogP contribution >= 0.6 is 11.3 Å². The van der Waals surface area contributed by atoms with Crippen molar-refractivity contribution in [3.8, 4) is 0 Å². The van der Waals surface area contributed by atoms with Crippen LogP contribution in [0.1, 0.15) is 87.5 Å². The van der Waals surface area contributed by atoms with E-state index in [9.17, 15) is 58.5 Å². The number of nitrogens with one attached hydrogen (secondary N) is 4. The molecular weight excluding hydrogens is 1060 g/mol. The van der Waals surface area contributed by atoms with Crippen LogP contribution in [-0.2, 0) is 56.1 Å². The molecule has 0 radical (unpaired) electrons. The van der Waals surface area contributed by atoms with Crippen LogP contribution in [0.4, 0.5) is 0 Å². The summed E-state index contributed by atoms with van der Waals surface area (Å²) in [5.74, 6) is -7.17. The number of aliphatic hydroxyl groups excluding tert-OH is 2. The van der Waals surface area contributed by atoms with E-state index in [2.05, 4.69) is 31.3 Å². The second-order valence-electron chi connectivity index (χ2n) is 20.7. The molecule has 6 rings (SSSR count). The molecule has 2 unspecified atom stereocenters.